The molecule has 0 aliphatic carbocycles. The van der Waals surface area contributed by atoms with E-state index in [-0.39, 0.29) is 0 Å². The maximum Gasteiger partial charge on any atom is 0.191 e. The van der Waals surface area contributed by atoms with Gasteiger partial charge in [0, 0.05) is 38.8 Å². The Hall–Kier alpha value is -2.57. The third-order valence-corrected chi connectivity index (χ3v) is 5.65. The lowest BCUT2D eigenvalue weighted by Gasteiger charge is -2.33. The van der Waals surface area contributed by atoms with Gasteiger partial charge < -0.3 is 20.3 Å². The smallest absolute Gasteiger partial charge is 0.191 e. The summed E-state index contributed by atoms with van der Waals surface area (Å²) in [5.41, 5.74) is 2.55. The standard InChI is InChI=1S/C26H39N5O/c1-4-27-26(28-20-23-11-8-12-25(19-23)32-18-17-30(2)3)29-24-13-15-31(16-14-24)21-22-9-6-5-7-10-22/h5-12,19,24H,4,13-18,20-21H2,1-3H3,(H2,27,28,29). The molecule has 0 spiro atoms. The van der Waals surface area contributed by atoms with Crippen LogP contribution in [0.4, 0.5) is 0 Å². The van der Waals surface area contributed by atoms with E-state index in [1.807, 2.05) is 12.1 Å². The first-order chi connectivity index (χ1) is 15.6. The van der Waals surface area contributed by atoms with Gasteiger partial charge in [-0.1, -0.05) is 42.5 Å². The molecule has 174 valence electrons. The van der Waals surface area contributed by atoms with Crippen molar-refractivity contribution in [3.05, 3.63) is 65.7 Å². The molecular weight excluding hydrogens is 398 g/mol. The fourth-order valence-corrected chi connectivity index (χ4v) is 3.84. The summed E-state index contributed by atoms with van der Waals surface area (Å²) in [6.07, 6.45) is 2.26. The number of ether oxygens (including phenoxy) is 1. The Morgan fingerprint density at radius 3 is 2.53 bits per heavy atom. The number of likely N-dealkylation sites (tertiary alicyclic amines) is 1. The predicted molar refractivity (Wildman–Crippen MR) is 133 cm³/mol. The van der Waals surface area contributed by atoms with Crippen LogP contribution in [0.25, 0.3) is 0 Å². The summed E-state index contributed by atoms with van der Waals surface area (Å²) in [6, 6.07) is 19.4. The SMILES string of the molecule is CCNC(=NCc1cccc(OCCN(C)C)c1)NC1CCN(Cc2ccccc2)CC1. The highest BCUT2D eigenvalue weighted by atomic mass is 16.5. The summed E-state index contributed by atoms with van der Waals surface area (Å²) in [6.45, 7) is 8.44. The molecule has 2 aromatic rings. The number of nitrogens with zero attached hydrogens (tertiary/aromatic N) is 3. The molecule has 0 aromatic heterocycles. The Morgan fingerprint density at radius 1 is 1.06 bits per heavy atom. The largest absolute Gasteiger partial charge is 0.492 e. The molecule has 0 atom stereocenters. The van der Waals surface area contributed by atoms with Crippen molar-refractivity contribution in [1.29, 1.82) is 0 Å². The first-order valence-electron chi connectivity index (χ1n) is 11.8. The van der Waals surface area contributed by atoms with Gasteiger partial charge in [-0.15, -0.1) is 0 Å². The van der Waals surface area contributed by atoms with Crippen LogP contribution < -0.4 is 15.4 Å². The molecule has 0 saturated carbocycles. The number of aliphatic imine (C=N–C) groups is 1. The first kappa shape index (κ1) is 24.1. The number of rotatable bonds is 10. The van der Waals surface area contributed by atoms with E-state index in [1.54, 1.807) is 0 Å². The highest BCUT2D eigenvalue weighted by molar-refractivity contribution is 5.80. The van der Waals surface area contributed by atoms with E-state index in [4.69, 9.17) is 9.73 Å². The van der Waals surface area contributed by atoms with E-state index in [1.165, 1.54) is 5.56 Å². The number of likely N-dealkylation sites (N-methyl/N-ethyl adjacent to an activating group) is 1. The van der Waals surface area contributed by atoms with Gasteiger partial charge in [0.2, 0.25) is 0 Å². The number of nitrogens with one attached hydrogen (secondary N) is 2. The average Bonchev–Trinajstić information content (AvgIpc) is 2.80. The zero-order valence-electron chi connectivity index (χ0n) is 19.9. The van der Waals surface area contributed by atoms with Crippen LogP contribution in [0.3, 0.4) is 0 Å². The lowest BCUT2D eigenvalue weighted by atomic mass is 10.0. The van der Waals surface area contributed by atoms with Crippen LogP contribution in [0.2, 0.25) is 0 Å². The molecule has 0 radical (unpaired) electrons. The van der Waals surface area contributed by atoms with Crippen LogP contribution in [0.5, 0.6) is 5.75 Å². The van der Waals surface area contributed by atoms with Gasteiger partial charge in [0.05, 0.1) is 6.54 Å². The number of guanidine groups is 1. The zero-order valence-corrected chi connectivity index (χ0v) is 19.9. The maximum atomic E-state index is 5.86. The predicted octanol–water partition coefficient (Wildman–Crippen LogP) is 3.35. The number of benzene rings is 2. The third-order valence-electron chi connectivity index (χ3n) is 5.65. The van der Waals surface area contributed by atoms with Crippen LogP contribution in [-0.2, 0) is 13.1 Å². The molecule has 2 aromatic carbocycles. The van der Waals surface area contributed by atoms with Crippen LogP contribution in [0, 0.1) is 0 Å². The summed E-state index contributed by atoms with van der Waals surface area (Å²) >= 11 is 0. The van der Waals surface area contributed by atoms with Crippen molar-refractivity contribution < 1.29 is 4.74 Å². The van der Waals surface area contributed by atoms with E-state index >= 15 is 0 Å². The fourth-order valence-electron chi connectivity index (χ4n) is 3.84. The Labute approximate surface area is 193 Å². The van der Waals surface area contributed by atoms with Gasteiger partial charge in [-0.2, -0.15) is 0 Å². The molecule has 1 fully saturated rings. The van der Waals surface area contributed by atoms with Crippen molar-refractivity contribution in [2.75, 3.05) is 46.9 Å². The zero-order chi connectivity index (χ0) is 22.6. The number of piperidine rings is 1. The molecule has 6 nitrogen and oxygen atoms in total. The van der Waals surface area contributed by atoms with Gasteiger partial charge in [-0.05, 0) is 57.1 Å². The minimum atomic E-state index is 0.459. The number of hydrogen-bond acceptors (Lipinski definition) is 4. The van der Waals surface area contributed by atoms with Crippen LogP contribution in [0.15, 0.2) is 59.6 Å². The van der Waals surface area contributed by atoms with E-state index < -0.39 is 0 Å². The van der Waals surface area contributed by atoms with Gasteiger partial charge in [0.15, 0.2) is 5.96 Å². The van der Waals surface area contributed by atoms with Crippen molar-refractivity contribution in [1.82, 2.24) is 20.4 Å². The quantitative estimate of drug-likeness (QED) is 0.441. The van der Waals surface area contributed by atoms with Gasteiger partial charge >= 0.3 is 0 Å². The van der Waals surface area contributed by atoms with Gasteiger partial charge in [0.25, 0.3) is 0 Å². The highest BCUT2D eigenvalue weighted by Gasteiger charge is 2.20. The Balaban J connectivity index is 1.48. The van der Waals surface area contributed by atoms with E-state index in [9.17, 15) is 0 Å². The molecule has 0 bridgehead atoms. The summed E-state index contributed by atoms with van der Waals surface area (Å²) in [5, 5.41) is 7.05. The number of hydrogen-bond donors (Lipinski definition) is 2. The lowest BCUT2D eigenvalue weighted by molar-refractivity contribution is 0.198. The van der Waals surface area contributed by atoms with E-state index in [0.29, 0.717) is 19.2 Å². The molecule has 1 heterocycles. The average molecular weight is 438 g/mol. The topological polar surface area (TPSA) is 52.1 Å². The Kier molecular flexibility index (Phi) is 9.85. The Morgan fingerprint density at radius 2 is 1.81 bits per heavy atom. The Bertz CT molecular complexity index is 816. The van der Waals surface area contributed by atoms with Crippen molar-refractivity contribution in [2.45, 2.75) is 38.9 Å². The second-order valence-electron chi connectivity index (χ2n) is 8.67. The van der Waals surface area contributed by atoms with E-state index in [0.717, 1.165) is 62.8 Å². The molecular formula is C26H39N5O. The summed E-state index contributed by atoms with van der Waals surface area (Å²) in [7, 11) is 4.10. The normalized spacial score (nSPS) is 15.7. The molecule has 0 unspecified atom stereocenters. The van der Waals surface area contributed by atoms with Crippen molar-refractivity contribution in [3.8, 4) is 5.75 Å². The fraction of sp³-hybridized carbons (Fsp3) is 0.500. The van der Waals surface area contributed by atoms with Crippen molar-refractivity contribution in [2.24, 2.45) is 4.99 Å². The molecule has 2 N–H and O–H groups in total. The molecule has 6 heteroatoms. The van der Waals surface area contributed by atoms with Gasteiger partial charge in [0.1, 0.15) is 12.4 Å². The maximum absolute atomic E-state index is 5.86. The van der Waals surface area contributed by atoms with Gasteiger partial charge in [-0.3, -0.25) is 4.90 Å². The van der Waals surface area contributed by atoms with Crippen molar-refractivity contribution >= 4 is 5.96 Å². The minimum absolute atomic E-state index is 0.459. The second kappa shape index (κ2) is 13.1. The molecule has 3 rings (SSSR count). The second-order valence-corrected chi connectivity index (χ2v) is 8.67. The molecule has 32 heavy (non-hydrogen) atoms. The van der Waals surface area contributed by atoms with E-state index in [2.05, 4.69) is 83.9 Å². The van der Waals surface area contributed by atoms with Crippen molar-refractivity contribution in [3.63, 3.8) is 0 Å². The van der Waals surface area contributed by atoms with Crippen LogP contribution in [0.1, 0.15) is 30.9 Å². The summed E-state index contributed by atoms with van der Waals surface area (Å²) in [4.78, 5) is 9.49. The minimum Gasteiger partial charge on any atom is -0.492 e. The highest BCUT2D eigenvalue weighted by Crippen LogP contribution is 2.15. The molecule has 1 aliphatic rings. The van der Waals surface area contributed by atoms with Gasteiger partial charge in [-0.25, -0.2) is 4.99 Å². The monoisotopic (exact) mass is 437 g/mol. The molecule has 1 aliphatic heterocycles. The molecule has 1 saturated heterocycles. The first-order valence-corrected chi connectivity index (χ1v) is 11.8. The lowest BCUT2D eigenvalue weighted by Crippen LogP contribution is -2.48. The summed E-state index contributed by atoms with van der Waals surface area (Å²) < 4.78 is 5.86. The van der Waals surface area contributed by atoms with Crippen LogP contribution in [-0.4, -0.2) is 68.7 Å². The third kappa shape index (κ3) is 8.52. The summed E-state index contributed by atoms with van der Waals surface area (Å²) in [5.74, 6) is 1.80. The van der Waals surface area contributed by atoms with Crippen LogP contribution >= 0.6 is 0 Å². The molecule has 0 amide bonds.